The van der Waals surface area contributed by atoms with Crippen LogP contribution >= 0.6 is 0 Å². The summed E-state index contributed by atoms with van der Waals surface area (Å²) in [5, 5.41) is -32.9. The largest absolute Gasteiger partial charge is 2.00 e. The van der Waals surface area contributed by atoms with Crippen LogP contribution in [0.3, 0.4) is 0 Å². The molecule has 67 heavy (non-hydrogen) atoms. The average molecular weight is 1200 g/mol. The normalized spacial score (nSPS) is 16.5. The molecule has 0 radical (unpaired) electrons. The van der Waals surface area contributed by atoms with Crippen LogP contribution in [-0.2, 0) is 40.1 Å². The molecule has 10 nitrogen and oxygen atoms in total. The van der Waals surface area contributed by atoms with E-state index >= 15 is 0 Å². The van der Waals surface area contributed by atoms with E-state index in [1.807, 2.05) is 0 Å². The summed E-state index contributed by atoms with van der Waals surface area (Å²) < 4.78 is 539. The van der Waals surface area contributed by atoms with E-state index in [1.165, 1.54) is 0 Å². The fraction of sp³-hybridized carbons (Fsp3) is 1.00. The second-order valence-electron chi connectivity index (χ2n) is 10.7. The van der Waals surface area contributed by atoms with Crippen molar-refractivity contribution >= 4 is 77.8 Å². The first kappa shape index (κ1) is 69.7. The Morgan fingerprint density at radius 2 is 0.284 bits per heavy atom. The van der Waals surface area contributed by atoms with Crippen molar-refractivity contribution in [1.29, 1.82) is 0 Å². The summed E-state index contributed by atoms with van der Waals surface area (Å²) in [6.45, 7) is 0. The topological polar surface area (TPSA) is 165 Å². The van der Waals surface area contributed by atoms with Crippen LogP contribution in [0.5, 0.6) is 0 Å². The number of rotatable bonds is 16. The number of hydrogen-bond donors (Lipinski definition) is 0. The van der Waals surface area contributed by atoms with Crippen LogP contribution in [0, 0.1) is 0 Å². The van der Waals surface area contributed by atoms with Crippen molar-refractivity contribution < 1.29 is 192 Å². The minimum absolute atomic E-state index is 0. The Balaban J connectivity index is -0.00000120. The number of hydrogen-bond acceptors (Lipinski definition) is 8. The first-order chi connectivity index (χ1) is 27.4. The number of halogens is 36. The Morgan fingerprint density at radius 3 is 0.358 bits per heavy atom. The van der Waals surface area contributed by atoms with Crippen LogP contribution in [0.15, 0.2) is 0 Å². The van der Waals surface area contributed by atoms with Gasteiger partial charge in [-0.25, -0.2) is 33.7 Å². The predicted octanol–water partition coefficient (Wildman–Crippen LogP) is 9.36. The van der Waals surface area contributed by atoms with Crippen LogP contribution in [0.25, 0.3) is 8.25 Å². The van der Waals surface area contributed by atoms with Crippen LogP contribution in [0.2, 0.25) is 0 Å². The van der Waals surface area contributed by atoms with E-state index in [1.54, 1.807) is 0 Å². The Hall–Kier alpha value is -1.54. The van der Waals surface area contributed by atoms with Crippen LogP contribution in [0.1, 0.15) is 0 Å². The number of sulfonamides is 4. The Kier molecular flexibility index (Phi) is 18.6. The van der Waals surface area contributed by atoms with Gasteiger partial charge in [0, 0.05) is 0 Å². The molecular formula is C16CaF36N2O8S4. The molecule has 0 aromatic carbocycles. The molecule has 0 unspecified atom stereocenters. The molecule has 0 heterocycles. The van der Waals surface area contributed by atoms with E-state index in [2.05, 4.69) is 0 Å². The molecule has 0 saturated carbocycles. The Labute approximate surface area is 369 Å². The van der Waals surface area contributed by atoms with Crippen molar-refractivity contribution in [2.45, 2.75) is 93.1 Å². The van der Waals surface area contributed by atoms with Gasteiger partial charge >= 0.3 is 131 Å². The summed E-state index contributed by atoms with van der Waals surface area (Å²) in [4.78, 5) is 0. The van der Waals surface area contributed by atoms with Crippen molar-refractivity contribution in [3.8, 4) is 0 Å². The second-order valence-corrected chi connectivity index (χ2v) is 17.7. The SMILES string of the molecule is O=S(=O)([N-]S(=O)(=O)C(F)(F)C(F)(F)C(F)(F)C(F)(F)F)C(F)(F)C(F)(F)C(F)(F)C(F)(F)F.O=S(=O)([N-]S(=O)(=O)C(F)(F)C(F)(F)C(F)(F)C(F)(F)F)C(F)(F)C(F)(F)C(F)(F)C(F)(F)F.[Ca+2]. The van der Waals surface area contributed by atoms with Gasteiger partial charge < -0.3 is 8.25 Å². The molecule has 0 saturated heterocycles. The second kappa shape index (κ2) is 17.9. The fourth-order valence-corrected chi connectivity index (χ4v) is 7.91. The van der Waals surface area contributed by atoms with Gasteiger partial charge in [0.2, 0.25) is 0 Å². The molecule has 0 aliphatic rings. The monoisotopic (exact) mass is 1200 g/mol. The first-order valence-electron chi connectivity index (χ1n) is 12.7. The maximum absolute atomic E-state index is 13.2. The van der Waals surface area contributed by atoms with Gasteiger partial charge in [-0.15, -0.1) is 0 Å². The zero-order valence-electron chi connectivity index (χ0n) is 28.1. The van der Waals surface area contributed by atoms with Crippen molar-refractivity contribution in [2.75, 3.05) is 0 Å². The maximum atomic E-state index is 13.2. The third-order valence-electron chi connectivity index (χ3n) is 6.15. The van der Waals surface area contributed by atoms with Crippen molar-refractivity contribution in [3.05, 3.63) is 8.25 Å². The van der Waals surface area contributed by atoms with Gasteiger partial charge in [-0.1, -0.05) is 0 Å². The van der Waals surface area contributed by atoms with E-state index in [0.29, 0.717) is 0 Å². The number of alkyl halides is 36. The van der Waals surface area contributed by atoms with Gasteiger partial charge in [0.25, 0.3) is 0 Å². The van der Waals surface area contributed by atoms with E-state index < -0.39 is 133 Å². The molecule has 0 fully saturated rings. The predicted molar refractivity (Wildman–Crippen MR) is 132 cm³/mol. The summed E-state index contributed by atoms with van der Waals surface area (Å²) in [5.74, 6) is -65.9. The van der Waals surface area contributed by atoms with Crippen molar-refractivity contribution in [2.24, 2.45) is 0 Å². The molecule has 400 valence electrons. The quantitative estimate of drug-likeness (QED) is 0.109. The van der Waals surface area contributed by atoms with E-state index in [4.69, 9.17) is 0 Å². The van der Waals surface area contributed by atoms with Crippen LogP contribution < -0.4 is 0 Å². The first-order valence-corrected chi connectivity index (χ1v) is 18.4. The Morgan fingerprint density at radius 1 is 0.194 bits per heavy atom. The van der Waals surface area contributed by atoms with E-state index in [0.717, 1.165) is 0 Å². The fourth-order valence-electron chi connectivity index (χ4n) is 2.54. The molecule has 0 rings (SSSR count). The van der Waals surface area contributed by atoms with E-state index in [9.17, 15) is 192 Å². The molecule has 51 heteroatoms. The molecule has 0 aromatic rings. The molecule has 0 aliphatic carbocycles. The molecule has 0 bridgehead atoms. The smallest absolute Gasteiger partial charge is 0.425 e. The standard InChI is InChI=1S/2C8F18NO4S2.Ca/c2*9-1(10,5(17,18)19)3(13,14)7(23,24)32(28,29)27-33(30,31)8(25,26)4(15,16)2(11,12)6(20,21)22;/q2*-1;+2. The molecular weight excluding hydrogens is 1200 g/mol. The number of nitrogens with zero attached hydrogens (tertiary/aromatic N) is 2. The summed E-state index contributed by atoms with van der Waals surface area (Å²) in [6.07, 6.45) is -31.1. The minimum atomic E-state index is -8.81. The van der Waals surface area contributed by atoms with E-state index in [-0.39, 0.29) is 46.0 Å². The molecule has 0 N–H and O–H groups in total. The van der Waals surface area contributed by atoms with Gasteiger partial charge in [0.1, 0.15) is 0 Å². The van der Waals surface area contributed by atoms with Crippen LogP contribution in [-0.4, -0.2) is 165 Å². The van der Waals surface area contributed by atoms with Crippen LogP contribution in [0.4, 0.5) is 158 Å². The molecule has 0 amide bonds. The average Bonchev–Trinajstić information content (AvgIpc) is 3.00. The zero-order chi connectivity index (χ0) is 55.4. The summed E-state index contributed by atoms with van der Waals surface area (Å²) in [5.41, 5.74) is 0. The van der Waals surface area contributed by atoms with Gasteiger partial charge in [-0.05, 0) is 0 Å². The molecule has 0 spiro atoms. The summed E-state index contributed by atoms with van der Waals surface area (Å²) >= 11 is 0. The van der Waals surface area contributed by atoms with Gasteiger partial charge in [0.05, 0.1) is 0 Å². The molecule has 0 atom stereocenters. The van der Waals surface area contributed by atoms with Gasteiger partial charge in [0.15, 0.2) is 40.1 Å². The maximum Gasteiger partial charge on any atom is 2.00 e. The molecule has 0 aromatic heterocycles. The zero-order valence-corrected chi connectivity index (χ0v) is 33.6. The van der Waals surface area contributed by atoms with Crippen molar-refractivity contribution in [1.82, 2.24) is 0 Å². The van der Waals surface area contributed by atoms with Gasteiger partial charge in [-0.3, -0.25) is 0 Å². The third kappa shape index (κ3) is 10.5. The summed E-state index contributed by atoms with van der Waals surface area (Å²) in [6, 6.07) is 0. The molecule has 0 aliphatic heterocycles. The minimum Gasteiger partial charge on any atom is -0.425 e. The third-order valence-corrected chi connectivity index (χ3v) is 12.9. The van der Waals surface area contributed by atoms with Crippen molar-refractivity contribution in [3.63, 3.8) is 0 Å². The van der Waals surface area contributed by atoms with Gasteiger partial charge in [-0.2, -0.15) is 158 Å². The Bertz CT molecular complexity index is 1930. The summed E-state index contributed by atoms with van der Waals surface area (Å²) in [7, 11) is -35.2.